The maximum absolute atomic E-state index is 5.74. The second kappa shape index (κ2) is 6.05. The third kappa shape index (κ3) is 6.43. The van der Waals surface area contributed by atoms with Gasteiger partial charge < -0.3 is 5.73 Å². The van der Waals surface area contributed by atoms with Crippen LogP contribution in [0.15, 0.2) is 0 Å². The Labute approximate surface area is 68.8 Å². The normalized spacial score (nSPS) is 14.1. The molecule has 0 aliphatic carbocycles. The Morgan fingerprint density at radius 3 is 2.30 bits per heavy atom. The summed E-state index contributed by atoms with van der Waals surface area (Å²) in [5.41, 5.74) is 5.74. The molecule has 62 valence electrons. The van der Waals surface area contributed by atoms with E-state index >= 15 is 0 Å². The van der Waals surface area contributed by atoms with Crippen molar-refractivity contribution in [3.05, 3.63) is 0 Å². The van der Waals surface area contributed by atoms with Gasteiger partial charge in [0.2, 0.25) is 0 Å². The van der Waals surface area contributed by atoms with Crippen LogP contribution in [-0.2, 0) is 0 Å². The van der Waals surface area contributed by atoms with Gasteiger partial charge in [-0.3, -0.25) is 0 Å². The van der Waals surface area contributed by atoms with Crippen molar-refractivity contribution in [1.29, 1.82) is 0 Å². The van der Waals surface area contributed by atoms with Gasteiger partial charge in [0.1, 0.15) is 0 Å². The Kier molecular flexibility index (Phi) is 6.24. The fourth-order valence-corrected chi connectivity index (χ4v) is 1.72. The number of nitrogens with two attached hydrogens (primary N) is 1. The van der Waals surface area contributed by atoms with Gasteiger partial charge in [-0.2, -0.15) is 11.8 Å². The zero-order valence-corrected chi connectivity index (χ0v) is 8.08. The molecule has 0 heterocycles. The van der Waals surface area contributed by atoms with Gasteiger partial charge in [0.25, 0.3) is 0 Å². The van der Waals surface area contributed by atoms with Crippen LogP contribution in [-0.4, -0.2) is 17.5 Å². The van der Waals surface area contributed by atoms with Gasteiger partial charge in [-0.05, 0) is 18.1 Å². The van der Waals surface area contributed by atoms with Gasteiger partial charge in [-0.1, -0.05) is 20.8 Å². The van der Waals surface area contributed by atoms with Gasteiger partial charge in [-0.25, -0.2) is 0 Å². The van der Waals surface area contributed by atoms with E-state index in [0.717, 1.165) is 18.1 Å². The SMILES string of the molecule is CCC(N)CSCC(C)C. The highest BCUT2D eigenvalue weighted by Crippen LogP contribution is 2.08. The number of thioether (sulfide) groups is 1. The maximum atomic E-state index is 5.74. The molecule has 2 N–H and O–H groups in total. The zero-order chi connectivity index (χ0) is 7.98. The fraction of sp³-hybridized carbons (Fsp3) is 1.00. The van der Waals surface area contributed by atoms with Crippen molar-refractivity contribution in [3.63, 3.8) is 0 Å². The second-order valence-corrected chi connectivity index (χ2v) is 4.17. The van der Waals surface area contributed by atoms with E-state index in [2.05, 4.69) is 20.8 Å². The van der Waals surface area contributed by atoms with Crippen LogP contribution in [0.2, 0.25) is 0 Å². The van der Waals surface area contributed by atoms with Crippen LogP contribution in [0.1, 0.15) is 27.2 Å². The summed E-state index contributed by atoms with van der Waals surface area (Å²) in [6, 6.07) is 0.406. The lowest BCUT2D eigenvalue weighted by molar-refractivity contribution is 0.716. The quantitative estimate of drug-likeness (QED) is 0.668. The summed E-state index contributed by atoms with van der Waals surface area (Å²) in [6.45, 7) is 6.62. The average Bonchev–Trinajstić information content (AvgIpc) is 1.87. The van der Waals surface area contributed by atoms with E-state index in [4.69, 9.17) is 5.73 Å². The summed E-state index contributed by atoms with van der Waals surface area (Å²) in [4.78, 5) is 0. The number of hydrogen-bond donors (Lipinski definition) is 1. The van der Waals surface area contributed by atoms with E-state index in [1.807, 2.05) is 11.8 Å². The summed E-state index contributed by atoms with van der Waals surface area (Å²) in [5.74, 6) is 3.16. The van der Waals surface area contributed by atoms with Gasteiger partial charge in [-0.15, -0.1) is 0 Å². The topological polar surface area (TPSA) is 26.0 Å². The lowest BCUT2D eigenvalue weighted by Gasteiger charge is -2.08. The Morgan fingerprint density at radius 1 is 1.30 bits per heavy atom. The summed E-state index contributed by atoms with van der Waals surface area (Å²) in [7, 11) is 0. The Balaban J connectivity index is 3.03. The summed E-state index contributed by atoms with van der Waals surface area (Å²) in [5, 5.41) is 0. The molecule has 2 heteroatoms. The van der Waals surface area contributed by atoms with Crippen LogP contribution in [0.3, 0.4) is 0 Å². The molecule has 1 atom stereocenters. The molecule has 1 nitrogen and oxygen atoms in total. The third-order valence-electron chi connectivity index (χ3n) is 1.31. The van der Waals surface area contributed by atoms with Crippen LogP contribution >= 0.6 is 11.8 Å². The minimum atomic E-state index is 0.406. The summed E-state index contributed by atoms with van der Waals surface area (Å²) < 4.78 is 0. The predicted octanol–water partition coefficient (Wildman–Crippen LogP) is 2.11. The number of hydrogen-bond acceptors (Lipinski definition) is 2. The highest BCUT2D eigenvalue weighted by atomic mass is 32.2. The van der Waals surface area contributed by atoms with Gasteiger partial charge in [0, 0.05) is 11.8 Å². The molecule has 10 heavy (non-hydrogen) atoms. The molecule has 0 aliphatic heterocycles. The first kappa shape index (κ1) is 10.3. The first-order valence-corrected chi connectivity index (χ1v) is 5.15. The van der Waals surface area contributed by atoms with Crippen LogP contribution in [0.25, 0.3) is 0 Å². The minimum Gasteiger partial charge on any atom is -0.327 e. The van der Waals surface area contributed by atoms with Crippen molar-refractivity contribution >= 4 is 11.8 Å². The van der Waals surface area contributed by atoms with Crippen LogP contribution in [0.5, 0.6) is 0 Å². The lowest BCUT2D eigenvalue weighted by Crippen LogP contribution is -2.21. The second-order valence-electron chi connectivity index (χ2n) is 3.10. The monoisotopic (exact) mass is 161 g/mol. The molecule has 0 aromatic carbocycles. The largest absolute Gasteiger partial charge is 0.327 e. The lowest BCUT2D eigenvalue weighted by atomic mass is 10.3. The molecule has 0 saturated heterocycles. The van der Waals surface area contributed by atoms with Crippen LogP contribution in [0, 0.1) is 5.92 Å². The van der Waals surface area contributed by atoms with E-state index in [0.29, 0.717) is 6.04 Å². The Bertz CT molecular complexity index is 73.7. The Hall–Kier alpha value is 0.310. The molecule has 0 rings (SSSR count). The van der Waals surface area contributed by atoms with Crippen LogP contribution < -0.4 is 5.73 Å². The molecule has 0 saturated carbocycles. The van der Waals surface area contributed by atoms with Gasteiger partial charge >= 0.3 is 0 Å². The van der Waals surface area contributed by atoms with Crippen molar-refractivity contribution in [2.45, 2.75) is 33.2 Å². The highest BCUT2D eigenvalue weighted by molar-refractivity contribution is 7.99. The third-order valence-corrected chi connectivity index (χ3v) is 2.87. The van der Waals surface area contributed by atoms with Crippen molar-refractivity contribution < 1.29 is 0 Å². The van der Waals surface area contributed by atoms with E-state index < -0.39 is 0 Å². The van der Waals surface area contributed by atoms with E-state index in [1.165, 1.54) is 5.75 Å². The van der Waals surface area contributed by atoms with E-state index in [1.54, 1.807) is 0 Å². The first-order chi connectivity index (χ1) is 4.66. The van der Waals surface area contributed by atoms with E-state index in [9.17, 15) is 0 Å². The molecule has 1 unspecified atom stereocenters. The molecular formula is C8H19NS. The van der Waals surface area contributed by atoms with Gasteiger partial charge in [0.05, 0.1) is 0 Å². The van der Waals surface area contributed by atoms with Crippen molar-refractivity contribution in [1.82, 2.24) is 0 Å². The number of rotatable bonds is 5. The molecule has 0 bridgehead atoms. The van der Waals surface area contributed by atoms with Crippen molar-refractivity contribution in [2.75, 3.05) is 11.5 Å². The summed E-state index contributed by atoms with van der Waals surface area (Å²) >= 11 is 1.97. The summed E-state index contributed by atoms with van der Waals surface area (Å²) in [6.07, 6.45) is 1.10. The first-order valence-electron chi connectivity index (χ1n) is 4.00. The fourth-order valence-electron chi connectivity index (χ4n) is 0.573. The van der Waals surface area contributed by atoms with Crippen molar-refractivity contribution in [3.8, 4) is 0 Å². The molecule has 0 radical (unpaired) electrons. The predicted molar refractivity (Wildman–Crippen MR) is 50.4 cm³/mol. The van der Waals surface area contributed by atoms with Crippen molar-refractivity contribution in [2.24, 2.45) is 11.7 Å². The van der Waals surface area contributed by atoms with Crippen LogP contribution in [0.4, 0.5) is 0 Å². The zero-order valence-electron chi connectivity index (χ0n) is 7.26. The molecule has 0 aliphatic rings. The molecule has 0 aromatic rings. The molecular weight excluding hydrogens is 142 g/mol. The molecule has 0 aromatic heterocycles. The Morgan fingerprint density at radius 2 is 1.90 bits per heavy atom. The molecule has 0 amide bonds. The molecule has 0 spiro atoms. The standard InChI is InChI=1S/C8H19NS/c1-4-8(9)6-10-5-7(2)3/h7-8H,4-6,9H2,1-3H3. The maximum Gasteiger partial charge on any atom is 0.0127 e. The van der Waals surface area contributed by atoms with Gasteiger partial charge in [0.15, 0.2) is 0 Å². The smallest absolute Gasteiger partial charge is 0.0127 e. The van der Waals surface area contributed by atoms with E-state index in [-0.39, 0.29) is 0 Å². The molecule has 0 fully saturated rings. The minimum absolute atomic E-state index is 0.406. The highest BCUT2D eigenvalue weighted by Gasteiger charge is 1.99. The average molecular weight is 161 g/mol.